The Morgan fingerprint density at radius 1 is 1.21 bits per heavy atom. The van der Waals surface area contributed by atoms with Crippen LogP contribution >= 0.6 is 35.7 Å². The molecule has 0 N–H and O–H groups in total. The van der Waals surface area contributed by atoms with Crippen molar-refractivity contribution in [3.8, 4) is 0 Å². The van der Waals surface area contributed by atoms with Crippen LogP contribution in [0.3, 0.4) is 0 Å². The van der Waals surface area contributed by atoms with Crippen LogP contribution in [0, 0.1) is 0 Å². The van der Waals surface area contributed by atoms with Crippen LogP contribution in [-0.2, 0) is 25.7 Å². The lowest BCUT2D eigenvalue weighted by atomic mass is 10.2. The predicted octanol–water partition coefficient (Wildman–Crippen LogP) is 1.92. The zero-order valence-electron chi connectivity index (χ0n) is 12.3. The molecule has 0 spiro atoms. The van der Waals surface area contributed by atoms with Crippen LogP contribution in [0.15, 0.2) is 40.3 Å². The molecule has 3 rings (SSSR count). The Labute approximate surface area is 152 Å². The van der Waals surface area contributed by atoms with E-state index in [1.54, 1.807) is 0 Å². The number of amides is 2. The Balaban J connectivity index is 1.84. The fourth-order valence-electron chi connectivity index (χ4n) is 2.25. The van der Waals surface area contributed by atoms with Crippen molar-refractivity contribution in [2.75, 3.05) is 12.5 Å². The molecule has 1 aromatic rings. The molecule has 124 valence electrons. The van der Waals surface area contributed by atoms with Gasteiger partial charge in [-0.15, -0.1) is 0 Å². The number of carbonyl (C=O) groups excluding carboxylic acids is 3. The Morgan fingerprint density at radius 2 is 1.96 bits per heavy atom. The second-order valence-corrected chi connectivity index (χ2v) is 7.49. The molecule has 0 bridgehead atoms. The van der Waals surface area contributed by atoms with Gasteiger partial charge in [-0.05, 0) is 5.56 Å². The van der Waals surface area contributed by atoms with Gasteiger partial charge in [-0.2, -0.15) is 0 Å². The highest BCUT2D eigenvalue weighted by molar-refractivity contribution is 8.27. The van der Waals surface area contributed by atoms with Gasteiger partial charge in [0.15, 0.2) is 6.73 Å². The molecule has 0 unspecified atom stereocenters. The molecule has 2 heterocycles. The first-order valence-corrected chi connectivity index (χ1v) is 9.13. The van der Waals surface area contributed by atoms with Gasteiger partial charge in [0.2, 0.25) is 5.91 Å². The van der Waals surface area contributed by atoms with Gasteiger partial charge in [-0.3, -0.25) is 24.2 Å². The molecule has 0 aliphatic carbocycles. The fourth-order valence-corrected chi connectivity index (χ4v) is 4.72. The van der Waals surface area contributed by atoms with Crippen molar-refractivity contribution >= 4 is 58.3 Å². The van der Waals surface area contributed by atoms with Gasteiger partial charge in [0, 0.05) is 0 Å². The number of hydrogen-bond acceptors (Lipinski definition) is 7. The van der Waals surface area contributed by atoms with E-state index in [1.807, 2.05) is 30.3 Å². The Kier molecular flexibility index (Phi) is 5.22. The van der Waals surface area contributed by atoms with E-state index in [9.17, 15) is 14.4 Å². The number of hydrogen-bond donors (Lipinski definition) is 0. The first-order chi connectivity index (χ1) is 11.6. The second-order valence-electron chi connectivity index (χ2n) is 4.88. The smallest absolute Gasteiger partial charge is 0.294 e. The molecular formula is C15H12N2O4S3. The number of benzene rings is 1. The number of ether oxygens (including phenoxy) is 1. The monoisotopic (exact) mass is 380 g/mol. The molecule has 2 aliphatic heterocycles. The summed E-state index contributed by atoms with van der Waals surface area (Å²) in [6.45, 7) is 0.452. The maximum atomic E-state index is 12.7. The lowest BCUT2D eigenvalue weighted by molar-refractivity contribution is -0.138. The molecule has 2 saturated heterocycles. The molecular weight excluding hydrogens is 368 g/mol. The third kappa shape index (κ3) is 3.33. The summed E-state index contributed by atoms with van der Waals surface area (Å²) in [5, 5.41) is 0.495. The normalized spacial score (nSPS) is 20.9. The summed E-state index contributed by atoms with van der Waals surface area (Å²) in [6.07, 6.45) is 0. The average Bonchev–Trinajstić information content (AvgIpc) is 3.08. The molecule has 0 atom stereocenters. The molecule has 6 nitrogen and oxygen atoms in total. The minimum absolute atomic E-state index is 0.201. The number of thioether (sulfide) groups is 2. The summed E-state index contributed by atoms with van der Waals surface area (Å²) >= 11 is 7.74. The van der Waals surface area contributed by atoms with Gasteiger partial charge in [0.05, 0.1) is 12.3 Å². The first kappa shape index (κ1) is 17.0. The summed E-state index contributed by atoms with van der Waals surface area (Å²) < 4.78 is 5.12. The van der Waals surface area contributed by atoms with Crippen LogP contribution in [0.5, 0.6) is 0 Å². The van der Waals surface area contributed by atoms with Gasteiger partial charge in [-0.25, -0.2) is 0 Å². The third-order valence-corrected chi connectivity index (χ3v) is 6.03. The zero-order valence-corrected chi connectivity index (χ0v) is 14.8. The topological polar surface area (TPSA) is 66.9 Å². The lowest BCUT2D eigenvalue weighted by Gasteiger charge is -2.17. The van der Waals surface area contributed by atoms with Crippen molar-refractivity contribution in [2.24, 2.45) is 0 Å². The summed E-state index contributed by atoms with van der Waals surface area (Å²) in [6, 6.07) is 9.54. The van der Waals surface area contributed by atoms with Gasteiger partial charge in [0.1, 0.15) is 14.3 Å². The van der Waals surface area contributed by atoms with E-state index in [0.717, 1.165) is 5.56 Å². The van der Waals surface area contributed by atoms with Crippen molar-refractivity contribution < 1.29 is 19.1 Å². The molecule has 9 heteroatoms. The van der Waals surface area contributed by atoms with E-state index in [1.165, 1.54) is 33.3 Å². The second kappa shape index (κ2) is 7.37. The van der Waals surface area contributed by atoms with E-state index in [-0.39, 0.29) is 30.8 Å². The van der Waals surface area contributed by atoms with Crippen LogP contribution in [0.25, 0.3) is 0 Å². The highest BCUT2D eigenvalue weighted by Crippen LogP contribution is 2.41. The van der Waals surface area contributed by atoms with Gasteiger partial charge < -0.3 is 4.74 Å². The number of rotatable bonds is 5. The number of thiocarbonyl (C=S) groups is 1. The van der Waals surface area contributed by atoms with E-state index in [4.69, 9.17) is 12.2 Å². The van der Waals surface area contributed by atoms with Crippen molar-refractivity contribution in [3.63, 3.8) is 0 Å². The standard InChI is InChI=1S/C15H12N2O4S3/c18-9-21-8-17-11(19)7-23-14(17)12-13(20)16(15(22)24-12)6-10-4-2-1-3-5-10/h1-5,9H,6-8H2. The van der Waals surface area contributed by atoms with Crippen LogP contribution in [0.1, 0.15) is 5.56 Å². The Hall–Kier alpha value is -1.84. The van der Waals surface area contributed by atoms with Crippen molar-refractivity contribution in [1.82, 2.24) is 9.80 Å². The maximum Gasteiger partial charge on any atom is 0.294 e. The van der Waals surface area contributed by atoms with Gasteiger partial charge in [0.25, 0.3) is 12.4 Å². The Bertz CT molecular complexity index is 735. The van der Waals surface area contributed by atoms with E-state index in [2.05, 4.69) is 4.74 Å². The van der Waals surface area contributed by atoms with Crippen molar-refractivity contribution in [3.05, 3.63) is 45.8 Å². The van der Waals surface area contributed by atoms with Crippen molar-refractivity contribution in [1.29, 1.82) is 0 Å². The van der Waals surface area contributed by atoms with Crippen LogP contribution in [0.2, 0.25) is 0 Å². The maximum absolute atomic E-state index is 12.7. The molecule has 2 aliphatic rings. The van der Waals surface area contributed by atoms with Crippen LogP contribution in [0.4, 0.5) is 0 Å². The molecule has 0 saturated carbocycles. The summed E-state index contributed by atoms with van der Waals surface area (Å²) in [5.74, 6) is -0.229. The van der Waals surface area contributed by atoms with Crippen LogP contribution < -0.4 is 0 Å². The minimum atomic E-state index is -0.234. The van der Waals surface area contributed by atoms with Gasteiger partial charge in [-0.1, -0.05) is 66.1 Å². The Morgan fingerprint density at radius 3 is 2.67 bits per heavy atom. The summed E-state index contributed by atoms with van der Waals surface area (Å²) in [7, 11) is 0. The van der Waals surface area contributed by atoms with Crippen molar-refractivity contribution in [2.45, 2.75) is 6.54 Å². The SMILES string of the molecule is O=COCN1C(=O)CSC1=C1SC(=S)N(Cc2ccccc2)C1=O. The predicted molar refractivity (Wildman–Crippen MR) is 95.5 cm³/mol. The molecule has 2 amide bonds. The van der Waals surface area contributed by atoms with E-state index < -0.39 is 0 Å². The number of nitrogens with zero attached hydrogens (tertiary/aromatic N) is 2. The average molecular weight is 380 g/mol. The molecule has 0 aromatic heterocycles. The molecule has 0 radical (unpaired) electrons. The summed E-state index contributed by atoms with van der Waals surface area (Å²) in [4.78, 5) is 38.2. The lowest BCUT2D eigenvalue weighted by Crippen LogP contribution is -2.30. The number of carbonyl (C=O) groups is 3. The highest BCUT2D eigenvalue weighted by Gasteiger charge is 2.39. The highest BCUT2D eigenvalue weighted by atomic mass is 32.2. The van der Waals surface area contributed by atoms with Crippen LogP contribution in [-0.4, -0.2) is 44.9 Å². The first-order valence-electron chi connectivity index (χ1n) is 6.92. The third-order valence-electron chi connectivity index (χ3n) is 3.38. The minimum Gasteiger partial charge on any atom is -0.446 e. The molecule has 1 aromatic carbocycles. The van der Waals surface area contributed by atoms with E-state index >= 15 is 0 Å². The molecule has 2 fully saturated rings. The quantitative estimate of drug-likeness (QED) is 0.439. The van der Waals surface area contributed by atoms with E-state index in [0.29, 0.717) is 20.8 Å². The fraction of sp³-hybridized carbons (Fsp3) is 0.200. The largest absolute Gasteiger partial charge is 0.446 e. The van der Waals surface area contributed by atoms with Gasteiger partial charge >= 0.3 is 0 Å². The zero-order chi connectivity index (χ0) is 17.1. The summed E-state index contributed by atoms with van der Waals surface area (Å²) in [5.41, 5.74) is 0.969. The molecule has 24 heavy (non-hydrogen) atoms.